The number of nitrogens with zero attached hydrogens (tertiary/aromatic N) is 4. The van der Waals surface area contributed by atoms with Gasteiger partial charge < -0.3 is 5.73 Å². The van der Waals surface area contributed by atoms with Crippen LogP contribution in [0, 0.1) is 16.7 Å². The molecular formula is C21H21N5OS2. The molecule has 1 aromatic carbocycles. The number of nitriles is 1. The van der Waals surface area contributed by atoms with Crippen molar-refractivity contribution in [3.63, 3.8) is 0 Å². The smallest absolute Gasteiger partial charge is 0.219 e. The Morgan fingerprint density at radius 3 is 2.62 bits per heavy atom. The number of hydrogen-bond acceptors (Lipinski definition) is 8. The third kappa shape index (κ3) is 3.34. The Balaban J connectivity index is 1.98. The number of allylic oxidation sites excluding steroid dienone is 3. The number of carbonyl (C=O) groups excluding carboxylic acids is 1. The zero-order chi connectivity index (χ0) is 20.8. The number of nitrogens with two attached hydrogens (primary N) is 1. The largest absolute Gasteiger partial charge is 0.384 e. The van der Waals surface area contributed by atoms with Crippen LogP contribution in [-0.2, 0) is 4.79 Å². The molecule has 2 aromatic rings. The summed E-state index contributed by atoms with van der Waals surface area (Å²) in [7, 11) is 0. The Morgan fingerprint density at radius 1 is 1.28 bits per heavy atom. The van der Waals surface area contributed by atoms with Crippen LogP contribution in [0.1, 0.15) is 38.2 Å². The van der Waals surface area contributed by atoms with Gasteiger partial charge in [-0.2, -0.15) is 5.26 Å². The average molecular weight is 424 g/mol. The minimum Gasteiger partial charge on any atom is -0.384 e. The molecule has 0 spiro atoms. The van der Waals surface area contributed by atoms with Crippen LogP contribution in [0.2, 0.25) is 0 Å². The molecule has 8 heteroatoms. The molecule has 29 heavy (non-hydrogen) atoms. The van der Waals surface area contributed by atoms with E-state index in [-0.39, 0.29) is 11.2 Å². The quantitative estimate of drug-likeness (QED) is 0.739. The van der Waals surface area contributed by atoms with Crippen molar-refractivity contribution in [1.29, 1.82) is 5.26 Å². The molecule has 1 atom stereocenters. The Bertz CT molecular complexity index is 1080. The van der Waals surface area contributed by atoms with E-state index in [0.717, 1.165) is 15.6 Å². The normalized spacial score (nSPS) is 21.2. The first kappa shape index (κ1) is 19.7. The highest BCUT2D eigenvalue weighted by molar-refractivity contribution is 8.00. The van der Waals surface area contributed by atoms with Gasteiger partial charge in [-0.25, -0.2) is 0 Å². The lowest BCUT2D eigenvalue weighted by Gasteiger charge is -2.42. The van der Waals surface area contributed by atoms with E-state index < -0.39 is 5.92 Å². The van der Waals surface area contributed by atoms with Gasteiger partial charge in [-0.05, 0) is 23.7 Å². The van der Waals surface area contributed by atoms with Gasteiger partial charge >= 0.3 is 0 Å². The second kappa shape index (κ2) is 7.32. The van der Waals surface area contributed by atoms with Gasteiger partial charge in [-0.1, -0.05) is 67.3 Å². The number of anilines is 1. The minimum absolute atomic E-state index is 0.0601. The summed E-state index contributed by atoms with van der Waals surface area (Å²) in [6, 6.07) is 11.9. The van der Waals surface area contributed by atoms with Gasteiger partial charge in [0.05, 0.1) is 17.6 Å². The summed E-state index contributed by atoms with van der Waals surface area (Å²) in [6.45, 7) is 4.16. The van der Waals surface area contributed by atoms with Crippen LogP contribution in [0.25, 0.3) is 0 Å². The van der Waals surface area contributed by atoms with Crippen molar-refractivity contribution in [2.45, 2.75) is 36.9 Å². The van der Waals surface area contributed by atoms with Gasteiger partial charge in [0.15, 0.2) is 10.1 Å². The van der Waals surface area contributed by atoms with E-state index in [4.69, 9.17) is 5.73 Å². The van der Waals surface area contributed by atoms with Crippen LogP contribution in [0.15, 0.2) is 57.3 Å². The maximum Gasteiger partial charge on any atom is 0.219 e. The SMILES string of the molecule is CSc1nnc(N2C(N)=C(C#N)C(c3ccccc3)C3=C2CC(C)(C)CC3=O)s1. The molecule has 2 N–H and O–H groups in total. The van der Waals surface area contributed by atoms with Gasteiger partial charge in [0.1, 0.15) is 5.82 Å². The van der Waals surface area contributed by atoms with Gasteiger partial charge in [0.2, 0.25) is 5.13 Å². The minimum atomic E-state index is -0.455. The predicted molar refractivity (Wildman–Crippen MR) is 115 cm³/mol. The fraction of sp³-hybridized carbons (Fsp3) is 0.333. The fourth-order valence-corrected chi connectivity index (χ4v) is 5.38. The van der Waals surface area contributed by atoms with E-state index >= 15 is 0 Å². The zero-order valence-corrected chi connectivity index (χ0v) is 18.1. The first-order valence-corrected chi connectivity index (χ1v) is 11.3. The highest BCUT2D eigenvalue weighted by atomic mass is 32.2. The molecule has 4 rings (SSSR count). The molecule has 1 unspecified atom stereocenters. The van der Waals surface area contributed by atoms with E-state index in [1.54, 1.807) is 4.90 Å². The molecule has 0 saturated heterocycles. The van der Waals surface area contributed by atoms with Gasteiger partial charge in [-0.15, -0.1) is 10.2 Å². The predicted octanol–water partition coefficient (Wildman–Crippen LogP) is 4.20. The zero-order valence-electron chi connectivity index (χ0n) is 16.5. The van der Waals surface area contributed by atoms with Crippen LogP contribution in [0.4, 0.5) is 5.13 Å². The van der Waals surface area contributed by atoms with E-state index in [1.165, 1.54) is 23.1 Å². The molecule has 2 aliphatic rings. The molecule has 148 valence electrons. The third-order valence-corrected chi connectivity index (χ3v) is 7.16. The number of Topliss-reactive ketones (excluding diaryl/α,β-unsaturated/α-hetero) is 1. The Hall–Kier alpha value is -2.63. The highest BCUT2D eigenvalue weighted by Crippen LogP contribution is 2.50. The maximum atomic E-state index is 13.3. The topological polar surface area (TPSA) is 95.9 Å². The van der Waals surface area contributed by atoms with Gasteiger partial charge in [0.25, 0.3) is 0 Å². The number of hydrogen-bond donors (Lipinski definition) is 1. The standard InChI is InChI=1S/C21H21N5OS2/c1-21(2)9-14-17(15(27)10-21)16(12-7-5-4-6-8-12)13(11-22)18(23)26(14)19-24-25-20(28-3)29-19/h4-8,16H,9-10,23H2,1-3H3. The molecule has 1 aliphatic carbocycles. The molecule has 2 heterocycles. The van der Waals surface area contributed by atoms with Crippen LogP contribution in [0.5, 0.6) is 0 Å². The number of benzene rings is 1. The van der Waals surface area contributed by atoms with Crippen molar-refractivity contribution in [2.24, 2.45) is 11.1 Å². The summed E-state index contributed by atoms with van der Waals surface area (Å²) in [5.41, 5.74) is 9.12. The van der Waals surface area contributed by atoms with Crippen LogP contribution >= 0.6 is 23.1 Å². The second-order valence-corrected chi connectivity index (χ2v) is 9.96. The number of ketones is 1. The van der Waals surface area contributed by atoms with E-state index in [2.05, 4.69) is 30.1 Å². The van der Waals surface area contributed by atoms with Crippen molar-refractivity contribution in [3.05, 3.63) is 58.6 Å². The Morgan fingerprint density at radius 2 is 2.00 bits per heavy atom. The summed E-state index contributed by atoms with van der Waals surface area (Å²) in [4.78, 5) is 15.1. The van der Waals surface area contributed by atoms with Crippen LogP contribution in [-0.4, -0.2) is 22.2 Å². The molecule has 6 nitrogen and oxygen atoms in total. The molecule has 0 saturated carbocycles. The van der Waals surface area contributed by atoms with Crippen molar-refractivity contribution < 1.29 is 4.79 Å². The first-order chi connectivity index (χ1) is 13.9. The molecular weight excluding hydrogens is 402 g/mol. The highest BCUT2D eigenvalue weighted by Gasteiger charge is 2.45. The lowest BCUT2D eigenvalue weighted by molar-refractivity contribution is -0.118. The van der Waals surface area contributed by atoms with Crippen LogP contribution < -0.4 is 10.6 Å². The number of thioether (sulfide) groups is 1. The number of carbonyl (C=O) groups is 1. The number of rotatable bonds is 3. The van der Waals surface area contributed by atoms with Crippen molar-refractivity contribution in [3.8, 4) is 6.07 Å². The van der Waals surface area contributed by atoms with Crippen LogP contribution in [0.3, 0.4) is 0 Å². The van der Waals surface area contributed by atoms with E-state index in [9.17, 15) is 10.1 Å². The molecule has 0 bridgehead atoms. The fourth-order valence-electron chi connectivity index (χ4n) is 4.08. The lowest BCUT2D eigenvalue weighted by Crippen LogP contribution is -2.42. The molecule has 1 aromatic heterocycles. The van der Waals surface area contributed by atoms with Crippen molar-refractivity contribution in [2.75, 3.05) is 11.2 Å². The third-order valence-electron chi connectivity index (χ3n) is 5.28. The van der Waals surface area contributed by atoms with E-state index in [1.807, 2.05) is 36.6 Å². The first-order valence-electron chi connectivity index (χ1n) is 9.25. The maximum absolute atomic E-state index is 13.3. The molecule has 0 amide bonds. The Labute approximate surface area is 178 Å². The summed E-state index contributed by atoms with van der Waals surface area (Å²) < 4.78 is 0.806. The van der Waals surface area contributed by atoms with E-state index in [0.29, 0.717) is 34.9 Å². The van der Waals surface area contributed by atoms with Gasteiger partial charge in [-0.3, -0.25) is 9.69 Å². The molecule has 0 fully saturated rings. The van der Waals surface area contributed by atoms with Gasteiger partial charge in [0, 0.05) is 17.7 Å². The summed E-state index contributed by atoms with van der Waals surface area (Å²) in [5, 5.41) is 19.1. The summed E-state index contributed by atoms with van der Waals surface area (Å²) in [5.74, 6) is -0.0663. The lowest BCUT2D eigenvalue weighted by atomic mass is 9.69. The Kier molecular flexibility index (Phi) is 4.97. The summed E-state index contributed by atoms with van der Waals surface area (Å²) >= 11 is 2.91. The molecule has 1 aliphatic heterocycles. The van der Waals surface area contributed by atoms with Crippen molar-refractivity contribution in [1.82, 2.24) is 10.2 Å². The summed E-state index contributed by atoms with van der Waals surface area (Å²) in [6.07, 6.45) is 3.04. The number of aromatic nitrogens is 2. The van der Waals surface area contributed by atoms with Crippen molar-refractivity contribution >= 4 is 34.0 Å². The monoisotopic (exact) mass is 423 g/mol. The second-order valence-electron chi connectivity index (χ2n) is 7.95. The molecule has 0 radical (unpaired) electrons. The average Bonchev–Trinajstić information content (AvgIpc) is 3.15.